The predicted molar refractivity (Wildman–Crippen MR) is 49.2 cm³/mol. The lowest BCUT2D eigenvalue weighted by Gasteiger charge is -2.23. The zero-order valence-corrected chi connectivity index (χ0v) is 9.07. The number of carbonyl (C=O) groups is 1. The minimum atomic E-state index is -1.38. The maximum atomic E-state index is 10.7. The summed E-state index contributed by atoms with van der Waals surface area (Å²) in [7, 11) is 0. The molecule has 0 radical (unpaired) electrons. The predicted octanol–water partition coefficient (Wildman–Crippen LogP) is 1.00. The second-order valence-electron chi connectivity index (χ2n) is 3.69. The Labute approximate surface area is 84.0 Å². The van der Waals surface area contributed by atoms with Crippen molar-refractivity contribution in [3.05, 3.63) is 0 Å². The van der Waals surface area contributed by atoms with Crippen LogP contribution in [0.25, 0.3) is 0 Å². The van der Waals surface area contributed by atoms with Crippen LogP contribution in [0.2, 0.25) is 0 Å². The first-order chi connectivity index (χ1) is 6.35. The molecule has 1 unspecified atom stereocenters. The molecule has 0 aliphatic heterocycles. The molecule has 0 aromatic carbocycles. The van der Waals surface area contributed by atoms with E-state index in [4.69, 9.17) is 9.84 Å². The highest BCUT2D eigenvalue weighted by molar-refractivity contribution is 5.68. The molecule has 1 N–H and O–H groups in total. The summed E-state index contributed by atoms with van der Waals surface area (Å²) in [5.41, 5.74) is -0.506. The van der Waals surface area contributed by atoms with E-state index in [1.165, 1.54) is 0 Å². The van der Waals surface area contributed by atoms with Gasteiger partial charge < -0.3 is 14.6 Å². The van der Waals surface area contributed by atoms with Crippen molar-refractivity contribution >= 4 is 5.97 Å². The van der Waals surface area contributed by atoms with Crippen LogP contribution in [0.15, 0.2) is 0 Å². The molecular formula is C9H18O5. The summed E-state index contributed by atoms with van der Waals surface area (Å²) in [6.07, 6.45) is 0.277. The van der Waals surface area contributed by atoms with Crippen LogP contribution in [0.4, 0.5) is 0 Å². The fourth-order valence-corrected chi connectivity index (χ4v) is 0.596. The Morgan fingerprint density at radius 2 is 2.00 bits per heavy atom. The fourth-order valence-electron chi connectivity index (χ4n) is 0.596. The smallest absolute Gasteiger partial charge is 0.307 e. The third-order valence-corrected chi connectivity index (χ3v) is 1.17. The lowest BCUT2D eigenvalue weighted by Crippen LogP contribution is -2.30. The van der Waals surface area contributed by atoms with E-state index in [2.05, 4.69) is 9.47 Å². The molecule has 5 heteroatoms. The van der Waals surface area contributed by atoms with Crippen LogP contribution >= 0.6 is 0 Å². The fraction of sp³-hybridized carbons (Fsp3) is 0.889. The van der Waals surface area contributed by atoms with Gasteiger partial charge in [0.05, 0.1) is 5.60 Å². The van der Waals surface area contributed by atoms with Gasteiger partial charge in [-0.15, -0.1) is 0 Å². The first-order valence-electron chi connectivity index (χ1n) is 4.48. The number of aliphatic hydroxyl groups is 1. The summed E-state index contributed by atoms with van der Waals surface area (Å²) in [5.74, 6) is -0.382. The molecule has 14 heavy (non-hydrogen) atoms. The molecule has 0 aliphatic carbocycles. The standard InChI is InChI=1S/C9H18O5/c1-5-7(10)12-6-13-8(11)14-9(2,3)4/h8,11H,5-6H2,1-4H3. The number of rotatable bonds is 5. The third-order valence-electron chi connectivity index (χ3n) is 1.17. The lowest BCUT2D eigenvalue weighted by atomic mass is 10.2. The van der Waals surface area contributed by atoms with Crippen molar-refractivity contribution in [1.82, 2.24) is 0 Å². The van der Waals surface area contributed by atoms with Gasteiger partial charge in [0.15, 0.2) is 6.79 Å². The van der Waals surface area contributed by atoms with E-state index in [0.29, 0.717) is 0 Å². The second kappa shape index (κ2) is 5.95. The van der Waals surface area contributed by atoms with E-state index in [9.17, 15) is 4.79 Å². The van der Waals surface area contributed by atoms with E-state index in [0.717, 1.165) is 0 Å². The molecular weight excluding hydrogens is 188 g/mol. The van der Waals surface area contributed by atoms with Gasteiger partial charge in [0.2, 0.25) is 0 Å². The van der Waals surface area contributed by atoms with Gasteiger partial charge in [0, 0.05) is 6.42 Å². The first kappa shape index (κ1) is 13.4. The maximum absolute atomic E-state index is 10.7. The maximum Gasteiger partial charge on any atom is 0.307 e. The van der Waals surface area contributed by atoms with Crippen molar-refractivity contribution in [3.63, 3.8) is 0 Å². The Kier molecular flexibility index (Phi) is 5.68. The van der Waals surface area contributed by atoms with Crippen LogP contribution in [0, 0.1) is 0 Å². The van der Waals surface area contributed by atoms with Crippen molar-refractivity contribution in [1.29, 1.82) is 0 Å². The molecule has 0 aromatic heterocycles. The van der Waals surface area contributed by atoms with Crippen molar-refractivity contribution in [2.24, 2.45) is 0 Å². The Morgan fingerprint density at radius 3 is 2.43 bits per heavy atom. The molecule has 0 saturated heterocycles. The molecule has 5 nitrogen and oxygen atoms in total. The third kappa shape index (κ3) is 7.97. The van der Waals surface area contributed by atoms with Gasteiger partial charge in [0.25, 0.3) is 6.48 Å². The van der Waals surface area contributed by atoms with Crippen LogP contribution in [-0.4, -0.2) is 29.9 Å². The Hall–Kier alpha value is -0.650. The zero-order chi connectivity index (χ0) is 11.2. The number of ether oxygens (including phenoxy) is 3. The second-order valence-corrected chi connectivity index (χ2v) is 3.69. The van der Waals surface area contributed by atoms with Crippen molar-refractivity contribution in [3.8, 4) is 0 Å². The van der Waals surface area contributed by atoms with Crippen LogP contribution < -0.4 is 0 Å². The topological polar surface area (TPSA) is 65.0 Å². The van der Waals surface area contributed by atoms with Crippen LogP contribution in [-0.2, 0) is 19.0 Å². The first-order valence-corrected chi connectivity index (χ1v) is 4.48. The van der Waals surface area contributed by atoms with Crippen LogP contribution in [0.3, 0.4) is 0 Å². The van der Waals surface area contributed by atoms with E-state index in [1.807, 2.05) is 0 Å². The molecule has 0 aromatic rings. The normalized spacial score (nSPS) is 13.8. The van der Waals surface area contributed by atoms with Gasteiger partial charge in [-0.3, -0.25) is 9.53 Å². The van der Waals surface area contributed by atoms with Crippen LogP contribution in [0.5, 0.6) is 0 Å². The highest BCUT2D eigenvalue weighted by Gasteiger charge is 2.17. The minimum Gasteiger partial charge on any atom is -0.438 e. The quantitative estimate of drug-likeness (QED) is 0.537. The molecule has 0 heterocycles. The van der Waals surface area contributed by atoms with Gasteiger partial charge in [0.1, 0.15) is 0 Å². The van der Waals surface area contributed by atoms with E-state index >= 15 is 0 Å². The minimum absolute atomic E-state index is 0.277. The molecule has 84 valence electrons. The number of carbonyl (C=O) groups excluding carboxylic acids is 1. The van der Waals surface area contributed by atoms with E-state index in [-0.39, 0.29) is 19.2 Å². The number of esters is 1. The molecule has 0 bridgehead atoms. The average Bonchev–Trinajstić information content (AvgIpc) is 2.00. The van der Waals surface area contributed by atoms with Gasteiger partial charge in [-0.05, 0) is 20.8 Å². The Morgan fingerprint density at radius 1 is 1.43 bits per heavy atom. The highest BCUT2D eigenvalue weighted by atomic mass is 16.8. The number of hydrogen-bond acceptors (Lipinski definition) is 5. The summed E-state index contributed by atoms with van der Waals surface area (Å²) in [4.78, 5) is 10.7. The van der Waals surface area contributed by atoms with Gasteiger partial charge >= 0.3 is 5.97 Å². The average molecular weight is 206 g/mol. The highest BCUT2D eigenvalue weighted by Crippen LogP contribution is 2.09. The summed E-state index contributed by atoms with van der Waals surface area (Å²) >= 11 is 0. The van der Waals surface area contributed by atoms with Crippen molar-refractivity contribution in [2.75, 3.05) is 6.79 Å². The molecule has 0 amide bonds. The molecule has 0 fully saturated rings. The monoisotopic (exact) mass is 206 g/mol. The number of aliphatic hydroxyl groups excluding tert-OH is 1. The Bertz CT molecular complexity index is 173. The number of hydrogen-bond donors (Lipinski definition) is 1. The summed E-state index contributed by atoms with van der Waals surface area (Å²) in [6, 6.07) is 0. The molecule has 0 rings (SSSR count). The SMILES string of the molecule is CCC(=O)OCOC(O)OC(C)(C)C. The molecule has 0 saturated carbocycles. The van der Waals surface area contributed by atoms with E-state index in [1.54, 1.807) is 27.7 Å². The molecule has 0 aliphatic rings. The van der Waals surface area contributed by atoms with Crippen LogP contribution in [0.1, 0.15) is 34.1 Å². The van der Waals surface area contributed by atoms with Crippen molar-refractivity contribution < 1.29 is 24.1 Å². The van der Waals surface area contributed by atoms with Gasteiger partial charge in [-0.2, -0.15) is 0 Å². The molecule has 0 spiro atoms. The summed E-state index contributed by atoms with van der Waals surface area (Å²) < 4.78 is 14.3. The lowest BCUT2D eigenvalue weighted by molar-refractivity contribution is -0.316. The van der Waals surface area contributed by atoms with E-state index < -0.39 is 12.1 Å². The van der Waals surface area contributed by atoms with Crippen molar-refractivity contribution in [2.45, 2.75) is 46.2 Å². The zero-order valence-electron chi connectivity index (χ0n) is 9.07. The van der Waals surface area contributed by atoms with Gasteiger partial charge in [-0.25, -0.2) is 0 Å². The molecule has 1 atom stereocenters. The Balaban J connectivity index is 3.54. The summed E-state index contributed by atoms with van der Waals surface area (Å²) in [6.45, 7) is 5.32. The van der Waals surface area contributed by atoms with Gasteiger partial charge in [-0.1, -0.05) is 6.92 Å². The largest absolute Gasteiger partial charge is 0.438 e. The summed E-state index contributed by atoms with van der Waals surface area (Å²) in [5, 5.41) is 9.13.